The fraction of sp³-hybridized carbons (Fsp3) is 0.833. The third-order valence-corrected chi connectivity index (χ3v) is 4.14. The maximum Gasteiger partial charge on any atom is 0.415 e. The van der Waals surface area contributed by atoms with Crippen LogP contribution < -0.4 is 11.1 Å². The van der Waals surface area contributed by atoms with Gasteiger partial charge in [-0.05, 0) is 25.7 Å². The second kappa shape index (κ2) is 4.91. The summed E-state index contributed by atoms with van der Waals surface area (Å²) in [5, 5.41) is 2.82. The van der Waals surface area contributed by atoms with Crippen molar-refractivity contribution < 1.29 is 22.8 Å². The Morgan fingerprint density at radius 3 is 2.65 bits per heavy atom. The molecule has 114 valence electrons. The zero-order valence-electron chi connectivity index (χ0n) is 11.2. The lowest BCUT2D eigenvalue weighted by atomic mass is 9.84. The van der Waals surface area contributed by atoms with E-state index >= 15 is 0 Å². The molecule has 2 fully saturated rings. The smallest absolute Gasteiger partial charge is 0.353 e. The molecule has 2 aliphatic rings. The van der Waals surface area contributed by atoms with Crippen molar-refractivity contribution in [1.82, 2.24) is 10.2 Å². The highest BCUT2D eigenvalue weighted by atomic mass is 19.4. The Bertz CT molecular complexity index is 423. The van der Waals surface area contributed by atoms with Gasteiger partial charge < -0.3 is 16.0 Å². The average Bonchev–Trinajstić information content (AvgIpc) is 2.35. The molecular formula is C12H18F3N3O2. The average molecular weight is 293 g/mol. The van der Waals surface area contributed by atoms with Crippen LogP contribution in [0.3, 0.4) is 0 Å². The van der Waals surface area contributed by atoms with Gasteiger partial charge in [-0.3, -0.25) is 9.59 Å². The Hall–Kier alpha value is -1.31. The Kier molecular flexibility index (Phi) is 3.70. The lowest BCUT2D eigenvalue weighted by Gasteiger charge is -2.43. The van der Waals surface area contributed by atoms with Crippen molar-refractivity contribution in [2.24, 2.45) is 11.7 Å². The normalized spacial score (nSPS) is 30.2. The molecule has 0 radical (unpaired) electrons. The first-order valence-corrected chi connectivity index (χ1v) is 6.57. The third kappa shape index (κ3) is 2.61. The molecular weight excluding hydrogens is 275 g/mol. The monoisotopic (exact) mass is 293 g/mol. The first-order chi connectivity index (χ1) is 9.13. The third-order valence-electron chi connectivity index (χ3n) is 4.14. The van der Waals surface area contributed by atoms with E-state index in [1.165, 1.54) is 4.90 Å². The van der Waals surface area contributed by atoms with Gasteiger partial charge in [-0.15, -0.1) is 0 Å². The van der Waals surface area contributed by atoms with Crippen molar-refractivity contribution in [3.63, 3.8) is 0 Å². The Labute approximate surface area is 114 Å². The molecule has 2 saturated heterocycles. The van der Waals surface area contributed by atoms with E-state index in [1.54, 1.807) is 0 Å². The van der Waals surface area contributed by atoms with Gasteiger partial charge in [0.15, 0.2) is 5.54 Å². The number of nitrogens with two attached hydrogens (primary N) is 1. The van der Waals surface area contributed by atoms with E-state index < -0.39 is 17.6 Å². The van der Waals surface area contributed by atoms with Crippen LogP contribution in [0.4, 0.5) is 13.2 Å². The highest BCUT2D eigenvalue weighted by Gasteiger charge is 2.56. The van der Waals surface area contributed by atoms with Crippen molar-refractivity contribution in [3.05, 3.63) is 0 Å². The predicted octanol–water partition coefficient (Wildman–Crippen LogP) is 0.393. The highest BCUT2D eigenvalue weighted by molar-refractivity contribution is 5.87. The number of hydrogen-bond donors (Lipinski definition) is 2. The Balaban J connectivity index is 2.05. The van der Waals surface area contributed by atoms with Gasteiger partial charge in [-0.2, -0.15) is 13.2 Å². The number of fused-ring (bicyclic) bond motifs is 1. The quantitative estimate of drug-likeness (QED) is 0.734. The number of carbonyl (C=O) groups is 2. The summed E-state index contributed by atoms with van der Waals surface area (Å²) in [4.78, 5) is 24.4. The number of hydrogen-bond acceptors (Lipinski definition) is 3. The van der Waals surface area contributed by atoms with Crippen LogP contribution in [-0.4, -0.2) is 47.6 Å². The van der Waals surface area contributed by atoms with Crippen molar-refractivity contribution >= 4 is 11.8 Å². The number of carbonyl (C=O) groups excluding carboxylic acids is 2. The summed E-state index contributed by atoms with van der Waals surface area (Å²) in [6.07, 6.45) is -3.37. The summed E-state index contributed by atoms with van der Waals surface area (Å²) in [6, 6.07) is -0.0461. The molecule has 0 aromatic carbocycles. The van der Waals surface area contributed by atoms with Crippen LogP contribution in [0, 0.1) is 5.92 Å². The Morgan fingerprint density at radius 1 is 1.40 bits per heavy atom. The van der Waals surface area contributed by atoms with Crippen molar-refractivity contribution in [1.29, 1.82) is 0 Å². The summed E-state index contributed by atoms with van der Waals surface area (Å²) in [5.41, 5.74) is 2.31. The van der Waals surface area contributed by atoms with Crippen LogP contribution in [0.5, 0.6) is 0 Å². The minimum Gasteiger partial charge on any atom is -0.353 e. The molecule has 0 aromatic heterocycles. The lowest BCUT2D eigenvalue weighted by molar-refractivity contribution is -0.194. The Morgan fingerprint density at radius 2 is 2.05 bits per heavy atom. The van der Waals surface area contributed by atoms with Gasteiger partial charge in [-0.25, -0.2) is 0 Å². The van der Waals surface area contributed by atoms with E-state index in [4.69, 9.17) is 5.73 Å². The summed E-state index contributed by atoms with van der Waals surface area (Å²) >= 11 is 0. The van der Waals surface area contributed by atoms with Crippen molar-refractivity contribution in [2.45, 2.75) is 43.9 Å². The zero-order valence-corrected chi connectivity index (χ0v) is 11.2. The van der Waals surface area contributed by atoms with Gasteiger partial charge >= 0.3 is 6.18 Å². The van der Waals surface area contributed by atoms with Gasteiger partial charge in [0.2, 0.25) is 5.91 Å². The number of nitrogens with one attached hydrogen (secondary N) is 1. The minimum atomic E-state index is -4.78. The van der Waals surface area contributed by atoms with Crippen LogP contribution >= 0.6 is 0 Å². The molecule has 3 N–H and O–H groups in total. The van der Waals surface area contributed by atoms with E-state index in [9.17, 15) is 22.8 Å². The van der Waals surface area contributed by atoms with Gasteiger partial charge in [-0.1, -0.05) is 0 Å². The number of alkyl halides is 3. The molecule has 8 heteroatoms. The molecule has 3 atom stereocenters. The number of piperidine rings is 2. The molecule has 0 spiro atoms. The van der Waals surface area contributed by atoms with Gasteiger partial charge in [0.25, 0.3) is 5.91 Å². The summed E-state index contributed by atoms with van der Waals surface area (Å²) in [5.74, 6) is -1.13. The second-order valence-corrected chi connectivity index (χ2v) is 5.71. The van der Waals surface area contributed by atoms with Crippen molar-refractivity contribution in [2.75, 3.05) is 13.1 Å². The molecule has 2 heterocycles. The lowest BCUT2D eigenvalue weighted by Crippen LogP contribution is -2.65. The molecule has 3 unspecified atom stereocenters. The standard InChI is InChI=1S/C12H18F3N3O2/c1-11(16,12(13,14)15)10(20)18-5-4-8-7(6-18)2-3-9(19)17-8/h7-8H,2-6,16H2,1H3,(H,17,19). The molecule has 20 heavy (non-hydrogen) atoms. The van der Waals surface area contributed by atoms with Crippen LogP contribution in [0.2, 0.25) is 0 Å². The van der Waals surface area contributed by atoms with Crippen LogP contribution in [0.15, 0.2) is 0 Å². The van der Waals surface area contributed by atoms with E-state index in [0.717, 1.165) is 0 Å². The van der Waals surface area contributed by atoms with E-state index in [1.807, 2.05) is 0 Å². The maximum absolute atomic E-state index is 12.8. The fourth-order valence-corrected chi connectivity index (χ4v) is 2.74. The SMILES string of the molecule is CC(N)(C(=O)N1CCC2NC(=O)CCC2C1)C(F)(F)F. The topological polar surface area (TPSA) is 75.4 Å². The molecule has 0 saturated carbocycles. The largest absolute Gasteiger partial charge is 0.415 e. The first-order valence-electron chi connectivity index (χ1n) is 6.57. The number of amides is 2. The number of likely N-dealkylation sites (tertiary alicyclic amines) is 1. The molecule has 0 bridgehead atoms. The predicted molar refractivity (Wildman–Crippen MR) is 64.5 cm³/mol. The highest BCUT2D eigenvalue weighted by Crippen LogP contribution is 2.32. The fourth-order valence-electron chi connectivity index (χ4n) is 2.74. The summed E-state index contributed by atoms with van der Waals surface area (Å²) in [7, 11) is 0. The van der Waals surface area contributed by atoms with Crippen LogP contribution in [0.1, 0.15) is 26.2 Å². The van der Waals surface area contributed by atoms with E-state index in [-0.39, 0.29) is 31.0 Å². The molecule has 2 aliphatic heterocycles. The first kappa shape index (κ1) is 15.1. The summed E-state index contributed by atoms with van der Waals surface area (Å²) < 4.78 is 38.4. The van der Waals surface area contributed by atoms with Crippen molar-refractivity contribution in [3.8, 4) is 0 Å². The van der Waals surface area contributed by atoms with Gasteiger partial charge in [0, 0.05) is 25.6 Å². The molecule has 0 aliphatic carbocycles. The molecule has 5 nitrogen and oxygen atoms in total. The molecule has 0 aromatic rings. The van der Waals surface area contributed by atoms with Gasteiger partial charge in [0.1, 0.15) is 0 Å². The molecule has 2 rings (SSSR count). The van der Waals surface area contributed by atoms with E-state index in [0.29, 0.717) is 26.2 Å². The summed E-state index contributed by atoms with van der Waals surface area (Å²) in [6.45, 7) is 1.10. The number of halogens is 3. The zero-order chi connectivity index (χ0) is 15.1. The van der Waals surface area contributed by atoms with E-state index in [2.05, 4.69) is 5.32 Å². The van der Waals surface area contributed by atoms with Crippen LogP contribution in [-0.2, 0) is 9.59 Å². The molecule has 2 amide bonds. The second-order valence-electron chi connectivity index (χ2n) is 5.71. The van der Waals surface area contributed by atoms with Crippen LogP contribution in [0.25, 0.3) is 0 Å². The maximum atomic E-state index is 12.8. The minimum absolute atomic E-state index is 0.00873. The van der Waals surface area contributed by atoms with Gasteiger partial charge in [0.05, 0.1) is 0 Å². The number of nitrogens with zero attached hydrogens (tertiary/aromatic N) is 1. The number of rotatable bonds is 1.